The number of hydrogen-bond acceptors (Lipinski definition) is 4. The van der Waals surface area contributed by atoms with Crippen LogP contribution in [0.1, 0.15) is 0 Å². The SMILES string of the molecule is c1ccc(-c2nc3ccc(-c4ccc(-c5nc(-c6cc7ccccc7c7ccccc67)nc(-c6cc7ccccc7c7ccccc67)n5)cc4)cc3c3c(-c4ccccc4)cccc23)cc1. The molecule has 0 amide bonds. The second-order valence-electron chi connectivity index (χ2n) is 16.9. The van der Waals surface area contributed by atoms with Crippen molar-refractivity contribution >= 4 is 64.8 Å². The van der Waals surface area contributed by atoms with Crippen LogP contribution in [0.15, 0.2) is 231 Å². The molecule has 66 heavy (non-hydrogen) atoms. The van der Waals surface area contributed by atoms with Crippen molar-refractivity contribution in [1.82, 2.24) is 19.9 Å². The van der Waals surface area contributed by atoms with Crippen LogP contribution in [0.4, 0.5) is 0 Å². The normalized spacial score (nSPS) is 11.6. The van der Waals surface area contributed by atoms with E-state index in [4.69, 9.17) is 19.9 Å². The molecule has 0 fully saturated rings. The van der Waals surface area contributed by atoms with Crippen molar-refractivity contribution in [2.45, 2.75) is 0 Å². The molecule has 4 nitrogen and oxygen atoms in total. The van der Waals surface area contributed by atoms with E-state index in [9.17, 15) is 0 Å². The Morgan fingerprint density at radius 2 is 0.697 bits per heavy atom. The van der Waals surface area contributed by atoms with Crippen molar-refractivity contribution in [2.75, 3.05) is 0 Å². The first-order chi connectivity index (χ1) is 32.7. The molecule has 2 aromatic heterocycles. The molecule has 0 saturated heterocycles. The third kappa shape index (κ3) is 6.30. The van der Waals surface area contributed by atoms with Gasteiger partial charge in [-0.3, -0.25) is 0 Å². The fraction of sp³-hybridized carbons (Fsp3) is 0. The first kappa shape index (κ1) is 37.7. The van der Waals surface area contributed by atoms with E-state index in [0.717, 1.165) is 76.9 Å². The van der Waals surface area contributed by atoms with E-state index >= 15 is 0 Å². The lowest BCUT2D eigenvalue weighted by Crippen LogP contribution is -2.01. The quantitative estimate of drug-likeness (QED) is 0.157. The Hall–Kier alpha value is -8.86. The molecular formula is C62H38N4. The van der Waals surface area contributed by atoms with Gasteiger partial charge < -0.3 is 0 Å². The van der Waals surface area contributed by atoms with Crippen molar-refractivity contribution in [2.24, 2.45) is 0 Å². The molecule has 0 aliphatic rings. The van der Waals surface area contributed by atoms with Gasteiger partial charge in [0.2, 0.25) is 0 Å². The number of fused-ring (bicyclic) bond motifs is 9. The fourth-order valence-electron chi connectivity index (χ4n) is 9.94. The number of nitrogens with zero attached hydrogens (tertiary/aromatic N) is 4. The van der Waals surface area contributed by atoms with E-state index in [2.05, 4.69) is 231 Å². The van der Waals surface area contributed by atoms with Gasteiger partial charge in [0.1, 0.15) is 0 Å². The summed E-state index contributed by atoms with van der Waals surface area (Å²) < 4.78 is 0. The maximum atomic E-state index is 5.36. The second kappa shape index (κ2) is 15.4. The summed E-state index contributed by atoms with van der Waals surface area (Å²) in [5.74, 6) is 1.89. The predicted octanol–water partition coefficient (Wildman–Crippen LogP) is 16.2. The lowest BCUT2D eigenvalue weighted by atomic mass is 9.91. The summed E-state index contributed by atoms with van der Waals surface area (Å²) in [5.41, 5.74) is 10.4. The van der Waals surface area contributed by atoms with Crippen LogP contribution in [0, 0.1) is 0 Å². The summed E-state index contributed by atoms with van der Waals surface area (Å²) in [6.07, 6.45) is 0. The van der Waals surface area contributed by atoms with Crippen molar-refractivity contribution < 1.29 is 0 Å². The van der Waals surface area contributed by atoms with Crippen LogP contribution in [-0.2, 0) is 0 Å². The van der Waals surface area contributed by atoms with Crippen LogP contribution < -0.4 is 0 Å². The molecule has 4 heteroatoms. The van der Waals surface area contributed by atoms with E-state index in [-0.39, 0.29) is 0 Å². The van der Waals surface area contributed by atoms with E-state index in [1.54, 1.807) is 0 Å². The van der Waals surface area contributed by atoms with Gasteiger partial charge in [-0.25, -0.2) is 19.9 Å². The molecule has 11 aromatic carbocycles. The zero-order valence-electron chi connectivity index (χ0n) is 35.7. The molecule has 0 aliphatic heterocycles. The summed E-state index contributed by atoms with van der Waals surface area (Å²) in [5, 5.41) is 12.6. The van der Waals surface area contributed by atoms with Crippen LogP contribution >= 0.6 is 0 Å². The minimum absolute atomic E-state index is 0.616. The molecule has 0 N–H and O–H groups in total. The van der Waals surface area contributed by atoms with E-state index < -0.39 is 0 Å². The molecule has 0 atom stereocenters. The third-order valence-corrected chi connectivity index (χ3v) is 13.1. The lowest BCUT2D eigenvalue weighted by molar-refractivity contribution is 1.08. The molecular weight excluding hydrogens is 801 g/mol. The van der Waals surface area contributed by atoms with Crippen molar-refractivity contribution in [1.29, 1.82) is 0 Å². The van der Waals surface area contributed by atoms with Crippen LogP contribution in [0.25, 0.3) is 132 Å². The largest absolute Gasteiger partial charge is 0.247 e. The van der Waals surface area contributed by atoms with Crippen LogP contribution in [0.5, 0.6) is 0 Å². The van der Waals surface area contributed by atoms with E-state index in [1.807, 2.05) is 0 Å². The summed E-state index contributed by atoms with van der Waals surface area (Å²) in [7, 11) is 0. The highest BCUT2D eigenvalue weighted by atomic mass is 15.0. The van der Waals surface area contributed by atoms with Crippen molar-refractivity contribution in [3.63, 3.8) is 0 Å². The zero-order chi connectivity index (χ0) is 43.6. The van der Waals surface area contributed by atoms with Gasteiger partial charge in [0.15, 0.2) is 17.5 Å². The molecule has 13 rings (SSSR count). The molecule has 13 aromatic rings. The highest BCUT2D eigenvalue weighted by molar-refractivity contribution is 6.18. The Balaban J connectivity index is 0.990. The van der Waals surface area contributed by atoms with Crippen molar-refractivity contribution in [3.05, 3.63) is 231 Å². The second-order valence-corrected chi connectivity index (χ2v) is 16.9. The molecule has 306 valence electrons. The highest BCUT2D eigenvalue weighted by Crippen LogP contribution is 2.41. The predicted molar refractivity (Wildman–Crippen MR) is 275 cm³/mol. The lowest BCUT2D eigenvalue weighted by Gasteiger charge is -2.15. The summed E-state index contributed by atoms with van der Waals surface area (Å²) in [6.45, 7) is 0. The molecule has 0 bridgehead atoms. The van der Waals surface area contributed by atoms with Crippen LogP contribution in [0.2, 0.25) is 0 Å². The Bertz CT molecular complexity index is 3890. The minimum Gasteiger partial charge on any atom is -0.247 e. The highest BCUT2D eigenvalue weighted by Gasteiger charge is 2.20. The third-order valence-electron chi connectivity index (χ3n) is 13.1. The van der Waals surface area contributed by atoms with Crippen LogP contribution in [0.3, 0.4) is 0 Å². The average Bonchev–Trinajstić information content (AvgIpc) is 3.40. The van der Waals surface area contributed by atoms with Gasteiger partial charge in [0.05, 0.1) is 11.2 Å². The van der Waals surface area contributed by atoms with Gasteiger partial charge in [-0.05, 0) is 89.6 Å². The Morgan fingerprint density at radius 1 is 0.227 bits per heavy atom. The van der Waals surface area contributed by atoms with Gasteiger partial charge in [-0.15, -0.1) is 0 Å². The Labute approximate surface area is 381 Å². The fourth-order valence-corrected chi connectivity index (χ4v) is 9.94. The molecule has 0 spiro atoms. The number of benzene rings is 11. The smallest absolute Gasteiger partial charge is 0.164 e. The summed E-state index contributed by atoms with van der Waals surface area (Å²) in [6, 6.07) is 81.7. The number of rotatable bonds is 6. The minimum atomic E-state index is 0.616. The Kier molecular flexibility index (Phi) is 8.81. The first-order valence-electron chi connectivity index (χ1n) is 22.4. The van der Waals surface area contributed by atoms with E-state index in [0.29, 0.717) is 17.5 Å². The molecule has 0 saturated carbocycles. The van der Waals surface area contributed by atoms with Crippen LogP contribution in [-0.4, -0.2) is 19.9 Å². The number of hydrogen-bond donors (Lipinski definition) is 0. The maximum absolute atomic E-state index is 5.36. The molecule has 2 heterocycles. The number of pyridine rings is 1. The molecule has 0 radical (unpaired) electrons. The van der Waals surface area contributed by atoms with Gasteiger partial charge in [-0.1, -0.05) is 206 Å². The van der Waals surface area contributed by atoms with Gasteiger partial charge >= 0.3 is 0 Å². The van der Waals surface area contributed by atoms with Gasteiger partial charge in [-0.2, -0.15) is 0 Å². The average molecular weight is 839 g/mol. The molecule has 0 unspecified atom stereocenters. The zero-order valence-corrected chi connectivity index (χ0v) is 35.7. The summed E-state index contributed by atoms with van der Waals surface area (Å²) in [4.78, 5) is 21.3. The number of aromatic nitrogens is 4. The van der Waals surface area contributed by atoms with Crippen molar-refractivity contribution in [3.8, 4) is 67.7 Å². The standard InChI is InChI=1S/C62H38N4/c1-3-16-40(17-4-1)48-28-15-29-53-58(48)56-36-43(34-35-57(56)63-59(53)41-18-5-2-6-19-41)39-30-32-42(33-31-39)60-64-61(54-37-44-20-7-9-22-46(44)49-24-11-13-26-51(49)54)66-62(65-60)55-38-45-21-8-10-23-47(45)50-25-12-14-27-52(50)55/h1-38H. The topological polar surface area (TPSA) is 51.6 Å². The van der Waals surface area contributed by atoms with E-state index in [1.165, 1.54) is 38.1 Å². The Morgan fingerprint density at radius 3 is 1.30 bits per heavy atom. The van der Waals surface area contributed by atoms with Gasteiger partial charge in [0, 0.05) is 38.4 Å². The molecule has 0 aliphatic carbocycles. The summed E-state index contributed by atoms with van der Waals surface area (Å²) >= 11 is 0. The monoisotopic (exact) mass is 838 g/mol. The van der Waals surface area contributed by atoms with Gasteiger partial charge in [0.25, 0.3) is 0 Å². The first-order valence-corrected chi connectivity index (χ1v) is 22.4. The maximum Gasteiger partial charge on any atom is 0.164 e.